The Morgan fingerprint density at radius 3 is 2.20 bits per heavy atom. The number of nitrogens with zero attached hydrogens (tertiary/aromatic N) is 1. The van der Waals surface area contributed by atoms with Crippen molar-refractivity contribution in [3.05, 3.63) is 65.7 Å². The van der Waals surface area contributed by atoms with E-state index in [1.165, 1.54) is 0 Å². The molecule has 0 radical (unpaired) electrons. The molecule has 0 atom stereocenters. The highest BCUT2D eigenvalue weighted by atomic mass is 32.1. The van der Waals surface area contributed by atoms with Crippen molar-refractivity contribution in [1.29, 1.82) is 0 Å². The number of carbonyl (C=O) groups is 1. The largest absolute Gasteiger partial charge is 0.443 e. The van der Waals surface area contributed by atoms with E-state index < -0.39 is 17.3 Å². The van der Waals surface area contributed by atoms with Crippen molar-refractivity contribution in [2.24, 2.45) is 0 Å². The Morgan fingerprint density at radius 1 is 1.00 bits per heavy atom. The predicted octanol–water partition coefficient (Wildman–Crippen LogP) is 5.44. The number of amides is 1. The Kier molecular flexibility index (Phi) is 4.71. The number of anilines is 1. The van der Waals surface area contributed by atoms with E-state index in [-0.39, 0.29) is 16.4 Å². The summed E-state index contributed by atoms with van der Waals surface area (Å²) in [5.41, 5.74) is 0.507. The highest BCUT2D eigenvalue weighted by Crippen LogP contribution is 2.40. The Bertz CT molecular complexity index is 865. The van der Waals surface area contributed by atoms with Gasteiger partial charge in [-0.3, -0.25) is 5.32 Å². The lowest BCUT2D eigenvalue weighted by Crippen LogP contribution is -2.16. The van der Waals surface area contributed by atoms with Crippen LogP contribution in [0.25, 0.3) is 11.3 Å². The number of alkyl halides is 3. The van der Waals surface area contributed by atoms with Crippen LogP contribution in [0.5, 0.6) is 5.75 Å². The number of hydrogen-bond acceptors (Lipinski definition) is 4. The van der Waals surface area contributed by atoms with Crippen LogP contribution in [-0.4, -0.2) is 11.1 Å². The number of thiazole rings is 1. The van der Waals surface area contributed by atoms with Gasteiger partial charge in [0.25, 0.3) is 0 Å². The normalized spacial score (nSPS) is 11.2. The van der Waals surface area contributed by atoms with Gasteiger partial charge in [-0.05, 0) is 12.1 Å². The fourth-order valence-corrected chi connectivity index (χ4v) is 2.87. The summed E-state index contributed by atoms with van der Waals surface area (Å²) in [5, 5.41) is 1.28. The molecule has 2 aromatic carbocycles. The molecule has 0 saturated heterocycles. The van der Waals surface area contributed by atoms with E-state index in [1.807, 2.05) is 0 Å². The van der Waals surface area contributed by atoms with Gasteiger partial charge in [0, 0.05) is 5.56 Å². The van der Waals surface area contributed by atoms with Gasteiger partial charge in [0.2, 0.25) is 5.01 Å². The first kappa shape index (κ1) is 17.0. The number of ether oxygens (including phenoxy) is 1. The molecule has 0 fully saturated rings. The van der Waals surface area contributed by atoms with Crippen LogP contribution in [-0.2, 0) is 6.18 Å². The van der Waals surface area contributed by atoms with E-state index in [0.29, 0.717) is 16.9 Å². The minimum Gasteiger partial charge on any atom is -0.410 e. The number of hydrogen-bond donors (Lipinski definition) is 1. The monoisotopic (exact) mass is 364 g/mol. The second-order valence-corrected chi connectivity index (χ2v) is 5.89. The van der Waals surface area contributed by atoms with Gasteiger partial charge in [-0.1, -0.05) is 59.9 Å². The molecule has 1 N–H and O–H groups in total. The molecule has 8 heteroatoms. The summed E-state index contributed by atoms with van der Waals surface area (Å²) in [7, 11) is 0. The summed E-state index contributed by atoms with van der Waals surface area (Å²) < 4.78 is 44.0. The van der Waals surface area contributed by atoms with Crippen molar-refractivity contribution < 1.29 is 22.7 Å². The van der Waals surface area contributed by atoms with E-state index >= 15 is 0 Å². The van der Waals surface area contributed by atoms with Crippen molar-refractivity contribution in [1.82, 2.24) is 4.98 Å². The molecule has 0 saturated carbocycles. The van der Waals surface area contributed by atoms with Crippen molar-refractivity contribution in [2.45, 2.75) is 6.18 Å². The average Bonchev–Trinajstić information content (AvgIpc) is 3.00. The highest BCUT2D eigenvalue weighted by molar-refractivity contribution is 7.16. The summed E-state index contributed by atoms with van der Waals surface area (Å²) in [6.07, 6.45) is -5.49. The molecule has 1 aromatic heterocycles. The number of rotatable bonds is 3. The lowest BCUT2D eigenvalue weighted by molar-refractivity contribution is -0.137. The fourth-order valence-electron chi connectivity index (χ4n) is 2.03. The smallest absolute Gasteiger partial charge is 0.410 e. The number of carbonyl (C=O) groups excluding carboxylic acids is 1. The average molecular weight is 364 g/mol. The first-order valence-corrected chi connectivity index (χ1v) is 7.92. The Balaban J connectivity index is 1.89. The zero-order valence-corrected chi connectivity index (χ0v) is 13.4. The topological polar surface area (TPSA) is 51.2 Å². The van der Waals surface area contributed by atoms with Crippen molar-refractivity contribution in [3.63, 3.8) is 0 Å². The lowest BCUT2D eigenvalue weighted by atomic mass is 10.2. The Labute approximate surface area is 144 Å². The molecule has 0 unspecified atom stereocenters. The van der Waals surface area contributed by atoms with Crippen LogP contribution in [0, 0.1) is 0 Å². The van der Waals surface area contributed by atoms with Crippen molar-refractivity contribution in [3.8, 4) is 17.0 Å². The third-order valence-corrected chi connectivity index (χ3v) is 4.10. The first-order chi connectivity index (χ1) is 11.9. The second kappa shape index (κ2) is 6.94. The predicted molar refractivity (Wildman–Crippen MR) is 88.6 cm³/mol. The Morgan fingerprint density at radius 2 is 1.60 bits per heavy atom. The molecule has 1 amide bonds. The van der Waals surface area contributed by atoms with Gasteiger partial charge in [0.15, 0.2) is 0 Å². The SMILES string of the molecule is O=C(Nc1sc(C(F)(F)F)nc1-c1ccccc1)Oc1ccccc1. The van der Waals surface area contributed by atoms with Gasteiger partial charge in [-0.15, -0.1) is 0 Å². The number of nitrogens with one attached hydrogen (secondary N) is 1. The van der Waals surface area contributed by atoms with Crippen LogP contribution >= 0.6 is 11.3 Å². The van der Waals surface area contributed by atoms with Crippen LogP contribution < -0.4 is 10.1 Å². The molecule has 0 bridgehead atoms. The van der Waals surface area contributed by atoms with Crippen LogP contribution in [0.2, 0.25) is 0 Å². The maximum absolute atomic E-state index is 13.0. The van der Waals surface area contributed by atoms with Crippen LogP contribution in [0.4, 0.5) is 23.0 Å². The highest BCUT2D eigenvalue weighted by Gasteiger charge is 2.36. The molecule has 0 aliphatic carbocycles. The van der Waals surface area contributed by atoms with Gasteiger partial charge < -0.3 is 4.74 Å². The number of aromatic nitrogens is 1. The Hall–Kier alpha value is -2.87. The standard InChI is InChI=1S/C17H11F3N2O2S/c18-17(19,20)15-21-13(11-7-3-1-4-8-11)14(25-15)22-16(23)24-12-9-5-2-6-10-12/h1-10H,(H,22,23). The maximum Gasteiger partial charge on any atom is 0.443 e. The van der Waals surface area contributed by atoms with Gasteiger partial charge in [0.1, 0.15) is 16.4 Å². The van der Waals surface area contributed by atoms with E-state index in [2.05, 4.69) is 10.3 Å². The third kappa shape index (κ3) is 4.16. The summed E-state index contributed by atoms with van der Waals surface area (Å²) in [5.74, 6) is 0.279. The van der Waals surface area contributed by atoms with E-state index in [1.54, 1.807) is 60.7 Å². The minimum atomic E-state index is -4.60. The fraction of sp³-hybridized carbons (Fsp3) is 0.0588. The number of para-hydroxylation sites is 1. The molecular weight excluding hydrogens is 353 g/mol. The quantitative estimate of drug-likeness (QED) is 0.673. The summed E-state index contributed by atoms with van der Waals surface area (Å²) in [4.78, 5) is 15.6. The number of halogens is 3. The third-order valence-electron chi connectivity index (χ3n) is 3.09. The molecule has 3 aromatic rings. The van der Waals surface area contributed by atoms with Crippen molar-refractivity contribution >= 4 is 22.4 Å². The molecule has 128 valence electrons. The van der Waals surface area contributed by atoms with Gasteiger partial charge >= 0.3 is 12.3 Å². The second-order valence-electron chi connectivity index (χ2n) is 4.89. The van der Waals surface area contributed by atoms with Crippen LogP contribution in [0.1, 0.15) is 5.01 Å². The first-order valence-electron chi connectivity index (χ1n) is 7.11. The zero-order valence-electron chi connectivity index (χ0n) is 12.6. The molecular formula is C17H11F3N2O2S. The zero-order chi connectivity index (χ0) is 17.9. The molecule has 4 nitrogen and oxygen atoms in total. The van der Waals surface area contributed by atoms with Gasteiger partial charge in [-0.25, -0.2) is 9.78 Å². The molecule has 3 rings (SSSR count). The lowest BCUT2D eigenvalue weighted by Gasteiger charge is -2.06. The van der Waals surface area contributed by atoms with Crippen LogP contribution in [0.15, 0.2) is 60.7 Å². The van der Waals surface area contributed by atoms with E-state index in [0.717, 1.165) is 0 Å². The molecule has 0 aliphatic heterocycles. The summed E-state index contributed by atoms with van der Waals surface area (Å²) in [6.45, 7) is 0. The molecule has 1 heterocycles. The number of benzene rings is 2. The van der Waals surface area contributed by atoms with Crippen LogP contribution in [0.3, 0.4) is 0 Å². The van der Waals surface area contributed by atoms with Gasteiger partial charge in [-0.2, -0.15) is 13.2 Å². The summed E-state index contributed by atoms with van der Waals surface area (Å²) in [6, 6.07) is 16.5. The molecule has 0 spiro atoms. The minimum absolute atomic E-state index is 0.0283. The van der Waals surface area contributed by atoms with E-state index in [9.17, 15) is 18.0 Å². The van der Waals surface area contributed by atoms with Gasteiger partial charge in [0.05, 0.1) is 0 Å². The summed E-state index contributed by atoms with van der Waals surface area (Å²) >= 11 is 0.352. The molecule has 25 heavy (non-hydrogen) atoms. The van der Waals surface area contributed by atoms with Crippen molar-refractivity contribution in [2.75, 3.05) is 5.32 Å². The maximum atomic E-state index is 13.0. The van der Waals surface area contributed by atoms with E-state index in [4.69, 9.17) is 4.74 Å². The molecule has 0 aliphatic rings.